The molecule has 3 aromatic rings. The number of methoxy groups -OCH3 is 2. The Hall–Kier alpha value is -3.79. The van der Waals surface area contributed by atoms with E-state index in [0.29, 0.717) is 29.0 Å². The number of hydrogen-bond donors (Lipinski definition) is 2. The number of hydrogen-bond acceptors (Lipinski definition) is 7. The van der Waals surface area contributed by atoms with Crippen molar-refractivity contribution in [3.8, 4) is 11.5 Å². The molecule has 36 heavy (non-hydrogen) atoms. The number of carbonyl (C=O) groups excluding carboxylic acids is 2. The van der Waals surface area contributed by atoms with Gasteiger partial charge in [-0.25, -0.2) is 0 Å². The van der Waals surface area contributed by atoms with Crippen molar-refractivity contribution >= 4 is 35.3 Å². The summed E-state index contributed by atoms with van der Waals surface area (Å²) in [6.07, 6.45) is 3.14. The predicted octanol–water partition coefficient (Wildman–Crippen LogP) is 3.99. The van der Waals surface area contributed by atoms with Crippen LogP contribution in [0.5, 0.6) is 11.5 Å². The van der Waals surface area contributed by atoms with Gasteiger partial charge >= 0.3 is 0 Å². The van der Waals surface area contributed by atoms with E-state index >= 15 is 0 Å². The minimum Gasteiger partial charge on any atom is -0.493 e. The summed E-state index contributed by atoms with van der Waals surface area (Å²) in [4.78, 5) is 24.7. The van der Waals surface area contributed by atoms with E-state index in [9.17, 15) is 9.59 Å². The molecule has 2 amide bonds. The van der Waals surface area contributed by atoms with E-state index in [4.69, 9.17) is 9.47 Å². The maximum atomic E-state index is 12.4. The maximum absolute atomic E-state index is 12.4. The molecule has 1 aromatic heterocycles. The highest BCUT2D eigenvalue weighted by Crippen LogP contribution is 2.28. The molecule has 0 spiro atoms. The first-order valence-corrected chi connectivity index (χ1v) is 12.4. The van der Waals surface area contributed by atoms with Crippen molar-refractivity contribution in [2.45, 2.75) is 39.0 Å². The summed E-state index contributed by atoms with van der Waals surface area (Å²) in [5, 5.41) is 14.7. The average Bonchev–Trinajstić information content (AvgIpc) is 3.28. The van der Waals surface area contributed by atoms with Crippen molar-refractivity contribution in [3.05, 3.63) is 65.0 Å². The zero-order chi connectivity index (χ0) is 26.1. The topological polar surface area (TPSA) is 107 Å². The van der Waals surface area contributed by atoms with E-state index in [2.05, 4.69) is 20.8 Å². The van der Waals surface area contributed by atoms with E-state index in [1.165, 1.54) is 23.4 Å². The number of amides is 2. The number of nitrogens with one attached hydrogen (secondary N) is 2. The van der Waals surface area contributed by atoms with Gasteiger partial charge in [0.2, 0.25) is 11.8 Å². The fourth-order valence-corrected chi connectivity index (χ4v) is 4.20. The van der Waals surface area contributed by atoms with Crippen molar-refractivity contribution in [2.24, 2.45) is 0 Å². The molecule has 190 valence electrons. The van der Waals surface area contributed by atoms with Crippen molar-refractivity contribution < 1.29 is 19.1 Å². The number of thioether (sulfide) groups is 1. The fourth-order valence-electron chi connectivity index (χ4n) is 3.37. The largest absolute Gasteiger partial charge is 0.493 e. The second kappa shape index (κ2) is 12.8. The lowest BCUT2D eigenvalue weighted by atomic mass is 10.1. The van der Waals surface area contributed by atoms with Gasteiger partial charge in [-0.15, -0.1) is 10.2 Å². The summed E-state index contributed by atoms with van der Waals surface area (Å²) in [6, 6.07) is 11.2. The molecule has 1 heterocycles. The Kier molecular flexibility index (Phi) is 9.52. The minimum absolute atomic E-state index is 0.121. The molecule has 0 unspecified atom stereocenters. The summed E-state index contributed by atoms with van der Waals surface area (Å²) >= 11 is 1.30. The van der Waals surface area contributed by atoms with Gasteiger partial charge in [-0.1, -0.05) is 23.9 Å². The van der Waals surface area contributed by atoms with Crippen LogP contribution in [0.15, 0.2) is 47.6 Å². The third kappa shape index (κ3) is 7.11. The van der Waals surface area contributed by atoms with Crippen LogP contribution in [-0.4, -0.2) is 46.6 Å². The summed E-state index contributed by atoms with van der Waals surface area (Å²) < 4.78 is 12.4. The Bertz CT molecular complexity index is 1260. The van der Waals surface area contributed by atoms with Crippen LogP contribution >= 0.6 is 11.8 Å². The number of benzene rings is 2. The highest BCUT2D eigenvalue weighted by molar-refractivity contribution is 7.99. The molecule has 3 rings (SSSR count). The van der Waals surface area contributed by atoms with Gasteiger partial charge in [-0.05, 0) is 67.8 Å². The number of aromatic nitrogens is 3. The molecule has 0 aliphatic carbocycles. The van der Waals surface area contributed by atoms with Crippen molar-refractivity contribution in [2.75, 3.05) is 25.3 Å². The zero-order valence-corrected chi connectivity index (χ0v) is 21.9. The predicted molar refractivity (Wildman–Crippen MR) is 141 cm³/mol. The number of rotatable bonds is 11. The van der Waals surface area contributed by atoms with Crippen LogP contribution in [0, 0.1) is 13.8 Å². The van der Waals surface area contributed by atoms with Gasteiger partial charge in [-0.2, -0.15) is 0 Å². The van der Waals surface area contributed by atoms with Crippen LogP contribution in [0.2, 0.25) is 0 Å². The number of carbonyl (C=O) groups is 2. The zero-order valence-electron chi connectivity index (χ0n) is 21.1. The molecule has 0 aliphatic rings. The first kappa shape index (κ1) is 26.8. The Morgan fingerprint density at radius 2 is 1.81 bits per heavy atom. The standard InChI is InChI=1S/C26H31N5O4S/c1-6-31-23(15-27-24(32)12-9-19-8-11-21(34-4)22(14-19)35-5)29-30-26(31)36-16-25(33)28-20-10-7-17(2)18(3)13-20/h7-14H,6,15-16H2,1-5H3,(H,27,32)(H,28,33)/b12-9+. The molecule has 0 radical (unpaired) electrons. The van der Waals surface area contributed by atoms with E-state index < -0.39 is 0 Å². The first-order chi connectivity index (χ1) is 17.3. The monoisotopic (exact) mass is 509 g/mol. The molecule has 0 fully saturated rings. The van der Waals surface area contributed by atoms with Gasteiger partial charge < -0.3 is 24.7 Å². The summed E-state index contributed by atoms with van der Waals surface area (Å²) in [5.74, 6) is 1.63. The third-order valence-electron chi connectivity index (χ3n) is 5.49. The molecule has 9 nitrogen and oxygen atoms in total. The van der Waals surface area contributed by atoms with Crippen LogP contribution in [0.25, 0.3) is 6.08 Å². The number of ether oxygens (including phenoxy) is 2. The normalized spacial score (nSPS) is 10.9. The molecule has 0 saturated carbocycles. The first-order valence-electron chi connectivity index (χ1n) is 11.4. The number of anilines is 1. The molecule has 2 N–H and O–H groups in total. The molecular weight excluding hydrogens is 478 g/mol. The van der Waals surface area contributed by atoms with Crippen molar-refractivity contribution in [3.63, 3.8) is 0 Å². The average molecular weight is 510 g/mol. The lowest BCUT2D eigenvalue weighted by molar-refractivity contribution is -0.116. The molecular formula is C26H31N5O4S. The van der Waals surface area contributed by atoms with E-state index in [1.807, 2.05) is 49.6 Å². The minimum atomic E-state index is -0.266. The van der Waals surface area contributed by atoms with Crippen molar-refractivity contribution in [1.29, 1.82) is 0 Å². The van der Waals surface area contributed by atoms with E-state index in [1.54, 1.807) is 32.4 Å². The lowest BCUT2D eigenvalue weighted by Crippen LogP contribution is -2.22. The highest BCUT2D eigenvalue weighted by atomic mass is 32.2. The summed E-state index contributed by atoms with van der Waals surface area (Å²) in [7, 11) is 3.13. The quantitative estimate of drug-likeness (QED) is 0.297. The Morgan fingerprint density at radius 3 is 2.50 bits per heavy atom. The maximum Gasteiger partial charge on any atom is 0.244 e. The van der Waals surface area contributed by atoms with Gasteiger partial charge in [0.05, 0.1) is 26.5 Å². The van der Waals surface area contributed by atoms with E-state index in [-0.39, 0.29) is 24.1 Å². The second-order valence-electron chi connectivity index (χ2n) is 7.94. The number of nitrogens with zero attached hydrogens (tertiary/aromatic N) is 3. The number of aryl methyl sites for hydroxylation is 2. The molecule has 0 aliphatic heterocycles. The van der Waals surface area contributed by atoms with Gasteiger partial charge in [0.25, 0.3) is 0 Å². The lowest BCUT2D eigenvalue weighted by Gasteiger charge is -2.09. The Labute approximate surface area is 215 Å². The fraction of sp³-hybridized carbons (Fsp3) is 0.308. The molecule has 2 aromatic carbocycles. The molecule has 0 bridgehead atoms. The molecule has 0 atom stereocenters. The third-order valence-corrected chi connectivity index (χ3v) is 6.45. The summed E-state index contributed by atoms with van der Waals surface area (Å²) in [6.45, 7) is 6.83. The molecule has 10 heteroatoms. The smallest absolute Gasteiger partial charge is 0.244 e. The van der Waals surface area contributed by atoms with Gasteiger partial charge in [0.15, 0.2) is 22.5 Å². The van der Waals surface area contributed by atoms with Crippen LogP contribution < -0.4 is 20.1 Å². The van der Waals surface area contributed by atoms with Gasteiger partial charge in [0.1, 0.15) is 0 Å². The Morgan fingerprint density at radius 1 is 1.03 bits per heavy atom. The second-order valence-corrected chi connectivity index (χ2v) is 8.89. The van der Waals surface area contributed by atoms with Crippen LogP contribution in [0.3, 0.4) is 0 Å². The molecule has 0 saturated heterocycles. The van der Waals surface area contributed by atoms with Crippen LogP contribution in [0.1, 0.15) is 29.4 Å². The van der Waals surface area contributed by atoms with Gasteiger partial charge in [-0.3, -0.25) is 9.59 Å². The SMILES string of the molecule is CCn1c(CNC(=O)/C=C/c2ccc(OC)c(OC)c2)nnc1SCC(=O)Nc1ccc(C)c(C)c1. The highest BCUT2D eigenvalue weighted by Gasteiger charge is 2.14. The Balaban J connectivity index is 1.54. The van der Waals surface area contributed by atoms with Gasteiger partial charge in [0, 0.05) is 18.3 Å². The summed E-state index contributed by atoms with van der Waals surface area (Å²) in [5.41, 5.74) is 3.87. The van der Waals surface area contributed by atoms with Crippen LogP contribution in [0.4, 0.5) is 5.69 Å². The van der Waals surface area contributed by atoms with E-state index in [0.717, 1.165) is 16.8 Å². The van der Waals surface area contributed by atoms with Crippen LogP contribution in [-0.2, 0) is 22.7 Å². The van der Waals surface area contributed by atoms with Crippen molar-refractivity contribution in [1.82, 2.24) is 20.1 Å².